The predicted octanol–water partition coefficient (Wildman–Crippen LogP) is 2.83. The molecular weight excluding hydrogens is 278 g/mol. The molecule has 5 rings (SSSR count). The average Bonchev–Trinajstić information content (AvgIpc) is 3.02. The van der Waals surface area contributed by atoms with E-state index in [-0.39, 0.29) is 0 Å². The van der Waals surface area contributed by atoms with E-state index in [0.717, 1.165) is 36.6 Å². The first-order valence-corrected chi connectivity index (χ1v) is 7.72. The van der Waals surface area contributed by atoms with Gasteiger partial charge in [-0.05, 0) is 48.2 Å². The van der Waals surface area contributed by atoms with E-state index in [1.165, 1.54) is 27.8 Å². The summed E-state index contributed by atoms with van der Waals surface area (Å²) in [5.41, 5.74) is 6.39. The van der Waals surface area contributed by atoms with Gasteiger partial charge < -0.3 is 19.5 Å². The standard InChI is InChI=1S/C18H17NO3/c1-20-13-4-2-3-10-7-12-15-11(5-6-19-12)8-14-18(22-9-21-14)17(15)16(10)13/h2-4,8,12,19H,5-7,9H2,1H3. The van der Waals surface area contributed by atoms with Crippen molar-refractivity contribution in [2.45, 2.75) is 18.9 Å². The van der Waals surface area contributed by atoms with Crippen LogP contribution >= 0.6 is 0 Å². The van der Waals surface area contributed by atoms with E-state index in [0.29, 0.717) is 12.8 Å². The molecule has 1 N–H and O–H groups in total. The summed E-state index contributed by atoms with van der Waals surface area (Å²) in [4.78, 5) is 0. The summed E-state index contributed by atoms with van der Waals surface area (Å²) in [6.07, 6.45) is 2.02. The Kier molecular flexibility index (Phi) is 2.47. The third-order valence-electron chi connectivity index (χ3n) is 4.93. The molecule has 2 aliphatic heterocycles. The van der Waals surface area contributed by atoms with Crippen molar-refractivity contribution in [1.29, 1.82) is 0 Å². The van der Waals surface area contributed by atoms with Crippen LogP contribution in [-0.4, -0.2) is 20.4 Å². The highest BCUT2D eigenvalue weighted by molar-refractivity contribution is 5.87. The summed E-state index contributed by atoms with van der Waals surface area (Å²) >= 11 is 0. The van der Waals surface area contributed by atoms with Gasteiger partial charge in [-0.15, -0.1) is 0 Å². The van der Waals surface area contributed by atoms with E-state index in [9.17, 15) is 0 Å². The van der Waals surface area contributed by atoms with Crippen molar-refractivity contribution in [1.82, 2.24) is 5.32 Å². The number of benzene rings is 2. The van der Waals surface area contributed by atoms with Crippen LogP contribution in [0.15, 0.2) is 24.3 Å². The van der Waals surface area contributed by atoms with Crippen molar-refractivity contribution in [3.63, 3.8) is 0 Å². The molecule has 0 aromatic heterocycles. The number of fused-ring (bicyclic) bond motifs is 4. The molecule has 1 atom stereocenters. The Morgan fingerprint density at radius 1 is 1.18 bits per heavy atom. The van der Waals surface area contributed by atoms with Crippen LogP contribution in [0.3, 0.4) is 0 Å². The molecule has 112 valence electrons. The van der Waals surface area contributed by atoms with Crippen molar-refractivity contribution in [2.24, 2.45) is 0 Å². The van der Waals surface area contributed by atoms with E-state index >= 15 is 0 Å². The molecule has 0 fully saturated rings. The van der Waals surface area contributed by atoms with Gasteiger partial charge in [0.2, 0.25) is 6.79 Å². The van der Waals surface area contributed by atoms with Gasteiger partial charge in [-0.1, -0.05) is 12.1 Å². The molecule has 4 heteroatoms. The number of hydrogen-bond acceptors (Lipinski definition) is 4. The second-order valence-electron chi connectivity index (χ2n) is 6.01. The fourth-order valence-electron chi connectivity index (χ4n) is 4.04. The smallest absolute Gasteiger partial charge is 0.231 e. The SMILES string of the molecule is COc1cccc2c1-c1c3c(cc4c1C(C2)NCC4)OCO3. The minimum atomic E-state index is 0.299. The van der Waals surface area contributed by atoms with E-state index < -0.39 is 0 Å². The molecule has 2 heterocycles. The number of ether oxygens (including phenoxy) is 3. The maximum absolute atomic E-state index is 5.82. The number of nitrogens with one attached hydrogen (secondary N) is 1. The van der Waals surface area contributed by atoms with Gasteiger partial charge >= 0.3 is 0 Å². The third-order valence-corrected chi connectivity index (χ3v) is 4.93. The van der Waals surface area contributed by atoms with Crippen LogP contribution in [0.1, 0.15) is 22.7 Å². The van der Waals surface area contributed by atoms with Crippen molar-refractivity contribution < 1.29 is 14.2 Å². The van der Waals surface area contributed by atoms with Crippen molar-refractivity contribution in [3.8, 4) is 28.4 Å². The molecule has 0 amide bonds. The molecule has 0 saturated heterocycles. The Labute approximate surface area is 129 Å². The van der Waals surface area contributed by atoms with Gasteiger partial charge in [0.25, 0.3) is 0 Å². The van der Waals surface area contributed by atoms with E-state index in [2.05, 4.69) is 23.5 Å². The summed E-state index contributed by atoms with van der Waals surface area (Å²) in [6.45, 7) is 1.31. The van der Waals surface area contributed by atoms with Gasteiger partial charge in [-0.25, -0.2) is 0 Å². The summed E-state index contributed by atoms with van der Waals surface area (Å²) in [7, 11) is 1.73. The Hall–Kier alpha value is -2.20. The highest BCUT2D eigenvalue weighted by Gasteiger charge is 2.36. The van der Waals surface area contributed by atoms with Gasteiger partial charge in [0.15, 0.2) is 11.5 Å². The van der Waals surface area contributed by atoms with E-state index in [1.807, 2.05) is 6.07 Å². The van der Waals surface area contributed by atoms with Crippen molar-refractivity contribution in [3.05, 3.63) is 41.0 Å². The van der Waals surface area contributed by atoms with Crippen LogP contribution in [0.2, 0.25) is 0 Å². The Morgan fingerprint density at radius 2 is 2.14 bits per heavy atom. The lowest BCUT2D eigenvalue weighted by atomic mass is 9.77. The summed E-state index contributed by atoms with van der Waals surface area (Å²) in [6, 6.07) is 8.79. The zero-order valence-electron chi connectivity index (χ0n) is 12.4. The first-order chi connectivity index (χ1) is 10.9. The van der Waals surface area contributed by atoms with Gasteiger partial charge in [0, 0.05) is 17.2 Å². The summed E-state index contributed by atoms with van der Waals surface area (Å²) < 4.78 is 17.1. The second kappa shape index (κ2) is 4.40. The minimum absolute atomic E-state index is 0.299. The molecule has 1 aliphatic carbocycles. The predicted molar refractivity (Wildman–Crippen MR) is 82.7 cm³/mol. The van der Waals surface area contributed by atoms with Crippen LogP contribution in [0.25, 0.3) is 11.1 Å². The Morgan fingerprint density at radius 3 is 3.05 bits per heavy atom. The molecule has 2 aromatic carbocycles. The van der Waals surface area contributed by atoms with Crippen molar-refractivity contribution >= 4 is 0 Å². The van der Waals surface area contributed by atoms with E-state index in [4.69, 9.17) is 14.2 Å². The van der Waals surface area contributed by atoms with Crippen LogP contribution in [0, 0.1) is 0 Å². The van der Waals surface area contributed by atoms with Crippen LogP contribution in [-0.2, 0) is 12.8 Å². The average molecular weight is 295 g/mol. The van der Waals surface area contributed by atoms with Crippen LogP contribution in [0.5, 0.6) is 17.2 Å². The monoisotopic (exact) mass is 295 g/mol. The third kappa shape index (κ3) is 1.50. The Balaban J connectivity index is 1.90. The zero-order chi connectivity index (χ0) is 14.7. The van der Waals surface area contributed by atoms with Crippen LogP contribution in [0.4, 0.5) is 0 Å². The molecular formula is C18H17NO3. The lowest BCUT2D eigenvalue weighted by Crippen LogP contribution is -2.33. The molecule has 0 radical (unpaired) electrons. The first kappa shape index (κ1) is 12.4. The van der Waals surface area contributed by atoms with Crippen molar-refractivity contribution in [2.75, 3.05) is 20.4 Å². The molecule has 22 heavy (non-hydrogen) atoms. The number of hydrogen-bond donors (Lipinski definition) is 1. The second-order valence-corrected chi connectivity index (χ2v) is 6.01. The quantitative estimate of drug-likeness (QED) is 0.878. The first-order valence-electron chi connectivity index (χ1n) is 7.72. The lowest BCUT2D eigenvalue weighted by Gasteiger charge is -2.35. The minimum Gasteiger partial charge on any atom is -0.496 e. The molecule has 2 aromatic rings. The van der Waals surface area contributed by atoms with Gasteiger partial charge in [-0.3, -0.25) is 0 Å². The van der Waals surface area contributed by atoms with Gasteiger partial charge in [0.05, 0.1) is 7.11 Å². The Bertz CT molecular complexity index is 784. The van der Waals surface area contributed by atoms with Crippen LogP contribution < -0.4 is 19.5 Å². The summed E-state index contributed by atoms with van der Waals surface area (Å²) in [5.74, 6) is 2.65. The molecule has 3 aliphatic rings. The molecule has 0 bridgehead atoms. The number of methoxy groups -OCH3 is 1. The fraction of sp³-hybridized carbons (Fsp3) is 0.333. The fourth-order valence-corrected chi connectivity index (χ4v) is 4.04. The molecule has 4 nitrogen and oxygen atoms in total. The highest BCUT2D eigenvalue weighted by atomic mass is 16.7. The molecule has 0 saturated carbocycles. The maximum Gasteiger partial charge on any atom is 0.231 e. The molecule has 0 spiro atoms. The van der Waals surface area contributed by atoms with Gasteiger partial charge in [0.1, 0.15) is 5.75 Å². The molecule has 1 unspecified atom stereocenters. The lowest BCUT2D eigenvalue weighted by molar-refractivity contribution is 0.174. The zero-order valence-corrected chi connectivity index (χ0v) is 12.4. The largest absolute Gasteiger partial charge is 0.496 e. The number of rotatable bonds is 1. The van der Waals surface area contributed by atoms with E-state index in [1.54, 1.807) is 7.11 Å². The topological polar surface area (TPSA) is 39.7 Å². The highest BCUT2D eigenvalue weighted by Crippen LogP contribution is 2.54. The normalized spacial score (nSPS) is 20.3. The maximum atomic E-state index is 5.82. The summed E-state index contributed by atoms with van der Waals surface area (Å²) in [5, 5.41) is 3.65. The van der Waals surface area contributed by atoms with Gasteiger partial charge in [-0.2, -0.15) is 0 Å².